The van der Waals surface area contributed by atoms with Gasteiger partial charge in [-0.05, 0) is 56.7 Å². The molecule has 2 heteroatoms. The Morgan fingerprint density at radius 3 is 2.85 bits per heavy atom. The molecule has 2 unspecified atom stereocenters. The number of hydrogen-bond donors (Lipinski definition) is 1. The highest BCUT2D eigenvalue weighted by atomic mass is 16.5. The van der Waals surface area contributed by atoms with Crippen LogP contribution in [0.3, 0.4) is 0 Å². The van der Waals surface area contributed by atoms with Gasteiger partial charge < -0.3 is 10.1 Å². The molecule has 0 fully saturated rings. The summed E-state index contributed by atoms with van der Waals surface area (Å²) in [6, 6.07) is 8.78. The average Bonchev–Trinajstić information content (AvgIpc) is 2.48. The monoisotopic (exact) mass is 275 g/mol. The average molecular weight is 275 g/mol. The first-order valence-electron chi connectivity index (χ1n) is 8.15. The van der Waals surface area contributed by atoms with E-state index in [2.05, 4.69) is 50.4 Å². The Hall–Kier alpha value is -0.860. The van der Waals surface area contributed by atoms with Crippen LogP contribution < -0.4 is 5.32 Å². The van der Waals surface area contributed by atoms with Crippen molar-refractivity contribution in [2.24, 2.45) is 0 Å². The predicted octanol–water partition coefficient (Wildman–Crippen LogP) is 4.25. The largest absolute Gasteiger partial charge is 0.366 e. The number of aryl methyl sites for hydroxylation is 1. The van der Waals surface area contributed by atoms with Gasteiger partial charge in [0.15, 0.2) is 0 Å². The smallest absolute Gasteiger partial charge is 0.0835 e. The van der Waals surface area contributed by atoms with Crippen LogP contribution in [0.25, 0.3) is 0 Å². The molecule has 1 aromatic carbocycles. The van der Waals surface area contributed by atoms with Crippen molar-refractivity contribution in [1.82, 2.24) is 5.32 Å². The van der Waals surface area contributed by atoms with Crippen molar-refractivity contribution in [3.63, 3.8) is 0 Å². The quantitative estimate of drug-likeness (QED) is 0.751. The molecule has 0 bridgehead atoms. The molecule has 2 nitrogen and oxygen atoms in total. The Morgan fingerprint density at radius 1 is 1.30 bits per heavy atom. The molecular weight excluding hydrogens is 246 g/mol. The Bertz CT molecular complexity index is 418. The first-order valence-corrected chi connectivity index (χ1v) is 8.15. The first-order chi connectivity index (χ1) is 9.68. The van der Waals surface area contributed by atoms with Gasteiger partial charge >= 0.3 is 0 Å². The third kappa shape index (κ3) is 3.83. The Kier molecular flexibility index (Phi) is 5.62. The second kappa shape index (κ2) is 7.24. The van der Waals surface area contributed by atoms with Crippen LogP contribution in [0.2, 0.25) is 0 Å². The summed E-state index contributed by atoms with van der Waals surface area (Å²) in [5.74, 6) is 0. The van der Waals surface area contributed by atoms with Gasteiger partial charge in [0.2, 0.25) is 0 Å². The predicted molar refractivity (Wildman–Crippen MR) is 85.1 cm³/mol. The number of benzene rings is 1. The molecular formula is C18H29NO. The summed E-state index contributed by atoms with van der Waals surface area (Å²) in [5, 5.41) is 3.52. The van der Waals surface area contributed by atoms with E-state index in [4.69, 9.17) is 4.74 Å². The first kappa shape index (κ1) is 15.5. The lowest BCUT2D eigenvalue weighted by Gasteiger charge is -2.36. The second-order valence-electron chi connectivity index (χ2n) is 6.18. The number of rotatable bonds is 7. The van der Waals surface area contributed by atoms with Gasteiger partial charge in [0, 0.05) is 6.54 Å². The molecule has 1 aliphatic carbocycles. The van der Waals surface area contributed by atoms with Crippen LogP contribution in [0.5, 0.6) is 0 Å². The second-order valence-corrected chi connectivity index (χ2v) is 6.18. The molecule has 2 rings (SSSR count). The standard InChI is InChI=1S/C18H29NO/c1-4-13-19-14-18(3,5-2)20-17-12-8-10-15-9-6-7-11-16(15)17/h6-7,9,11,17,19H,4-5,8,10,12-14H2,1-3H3. The highest BCUT2D eigenvalue weighted by Crippen LogP contribution is 2.36. The number of ether oxygens (including phenoxy) is 1. The van der Waals surface area contributed by atoms with Crippen LogP contribution in [0.15, 0.2) is 24.3 Å². The van der Waals surface area contributed by atoms with Gasteiger partial charge in [-0.1, -0.05) is 38.1 Å². The zero-order valence-corrected chi connectivity index (χ0v) is 13.2. The summed E-state index contributed by atoms with van der Waals surface area (Å²) >= 11 is 0. The fourth-order valence-electron chi connectivity index (χ4n) is 2.95. The third-order valence-electron chi connectivity index (χ3n) is 4.41. The van der Waals surface area contributed by atoms with Crippen LogP contribution in [-0.2, 0) is 11.2 Å². The number of nitrogens with one attached hydrogen (secondary N) is 1. The normalized spacial score (nSPS) is 21.2. The lowest BCUT2D eigenvalue weighted by molar-refractivity contribution is -0.0914. The Labute approximate surface area is 123 Å². The summed E-state index contributed by atoms with van der Waals surface area (Å²) in [6.07, 6.45) is 6.08. The highest BCUT2D eigenvalue weighted by Gasteiger charge is 2.30. The molecule has 1 aromatic rings. The van der Waals surface area contributed by atoms with E-state index < -0.39 is 0 Å². The van der Waals surface area contributed by atoms with Crippen LogP contribution in [0, 0.1) is 0 Å². The fraction of sp³-hybridized carbons (Fsp3) is 0.667. The summed E-state index contributed by atoms with van der Waals surface area (Å²) in [4.78, 5) is 0. The van der Waals surface area contributed by atoms with Crippen LogP contribution in [0.1, 0.15) is 63.7 Å². The number of fused-ring (bicyclic) bond motifs is 1. The van der Waals surface area contributed by atoms with Crippen LogP contribution in [0.4, 0.5) is 0 Å². The Balaban J connectivity index is 2.04. The zero-order valence-electron chi connectivity index (χ0n) is 13.2. The van der Waals surface area contributed by atoms with E-state index in [1.165, 1.54) is 30.4 Å². The minimum Gasteiger partial charge on any atom is -0.366 e. The molecule has 0 amide bonds. The van der Waals surface area contributed by atoms with Crippen molar-refractivity contribution in [2.75, 3.05) is 13.1 Å². The van der Waals surface area contributed by atoms with E-state index in [9.17, 15) is 0 Å². The zero-order chi connectivity index (χ0) is 14.4. The summed E-state index contributed by atoms with van der Waals surface area (Å²) in [6.45, 7) is 8.68. The lowest BCUT2D eigenvalue weighted by Crippen LogP contribution is -2.41. The topological polar surface area (TPSA) is 21.3 Å². The lowest BCUT2D eigenvalue weighted by atomic mass is 9.88. The number of hydrogen-bond acceptors (Lipinski definition) is 2. The summed E-state index contributed by atoms with van der Waals surface area (Å²) in [5.41, 5.74) is 2.82. The van der Waals surface area contributed by atoms with Crippen LogP contribution in [-0.4, -0.2) is 18.7 Å². The van der Waals surface area contributed by atoms with Gasteiger partial charge in [0.1, 0.15) is 0 Å². The van der Waals surface area contributed by atoms with Gasteiger partial charge in [-0.15, -0.1) is 0 Å². The van der Waals surface area contributed by atoms with E-state index in [-0.39, 0.29) is 11.7 Å². The molecule has 112 valence electrons. The fourth-order valence-corrected chi connectivity index (χ4v) is 2.95. The van der Waals surface area contributed by atoms with Crippen molar-refractivity contribution in [1.29, 1.82) is 0 Å². The molecule has 0 saturated carbocycles. The Morgan fingerprint density at radius 2 is 2.10 bits per heavy atom. The third-order valence-corrected chi connectivity index (χ3v) is 4.41. The highest BCUT2D eigenvalue weighted by molar-refractivity contribution is 5.31. The molecule has 2 atom stereocenters. The van der Waals surface area contributed by atoms with Crippen molar-refractivity contribution in [3.8, 4) is 0 Å². The van der Waals surface area contributed by atoms with Crippen molar-refractivity contribution < 1.29 is 4.74 Å². The van der Waals surface area contributed by atoms with E-state index in [1.54, 1.807) is 0 Å². The summed E-state index contributed by atoms with van der Waals surface area (Å²) < 4.78 is 6.54. The van der Waals surface area contributed by atoms with Gasteiger partial charge in [0.05, 0.1) is 11.7 Å². The molecule has 0 radical (unpaired) electrons. The molecule has 1 N–H and O–H groups in total. The maximum Gasteiger partial charge on any atom is 0.0835 e. The van der Waals surface area contributed by atoms with E-state index in [0.717, 1.165) is 25.9 Å². The maximum absolute atomic E-state index is 6.54. The minimum atomic E-state index is -0.0652. The van der Waals surface area contributed by atoms with Crippen molar-refractivity contribution >= 4 is 0 Å². The molecule has 0 heterocycles. The molecule has 20 heavy (non-hydrogen) atoms. The molecule has 1 aliphatic rings. The van der Waals surface area contributed by atoms with E-state index >= 15 is 0 Å². The minimum absolute atomic E-state index is 0.0652. The van der Waals surface area contributed by atoms with E-state index in [1.807, 2.05) is 0 Å². The SMILES string of the molecule is CCCNCC(C)(CC)OC1CCCc2ccccc21. The molecule has 0 aromatic heterocycles. The summed E-state index contributed by atoms with van der Waals surface area (Å²) in [7, 11) is 0. The van der Waals surface area contributed by atoms with Gasteiger partial charge in [0.25, 0.3) is 0 Å². The van der Waals surface area contributed by atoms with Crippen molar-refractivity contribution in [2.45, 2.75) is 64.6 Å². The van der Waals surface area contributed by atoms with Gasteiger partial charge in [-0.3, -0.25) is 0 Å². The molecule has 0 spiro atoms. The van der Waals surface area contributed by atoms with E-state index in [0.29, 0.717) is 0 Å². The van der Waals surface area contributed by atoms with Gasteiger partial charge in [-0.2, -0.15) is 0 Å². The molecule has 0 aliphatic heterocycles. The van der Waals surface area contributed by atoms with Crippen LogP contribution >= 0.6 is 0 Å². The molecule has 0 saturated heterocycles. The maximum atomic E-state index is 6.54. The van der Waals surface area contributed by atoms with Gasteiger partial charge in [-0.25, -0.2) is 0 Å². The van der Waals surface area contributed by atoms with Crippen molar-refractivity contribution in [3.05, 3.63) is 35.4 Å².